The molecule has 0 aliphatic rings. The van der Waals surface area contributed by atoms with Crippen LogP contribution >= 0.6 is 7.92 Å². The Hall–Kier alpha value is -1.98. The van der Waals surface area contributed by atoms with E-state index in [-0.39, 0.29) is 0 Å². The zero-order valence-electron chi connectivity index (χ0n) is 13.6. The molecule has 1 heterocycles. The van der Waals surface area contributed by atoms with Crippen LogP contribution in [0.1, 0.15) is 25.2 Å². The Morgan fingerprint density at radius 3 is 1.65 bits per heavy atom. The second kappa shape index (κ2) is 7.53. The summed E-state index contributed by atoms with van der Waals surface area (Å²) in [6, 6.07) is 28.1. The summed E-state index contributed by atoms with van der Waals surface area (Å²) in [6.07, 6.45) is 1.91. The molecule has 3 aromatic rings. The van der Waals surface area contributed by atoms with Crippen LogP contribution in [0.25, 0.3) is 0 Å². The van der Waals surface area contributed by atoms with Gasteiger partial charge in [-0.1, -0.05) is 80.6 Å². The summed E-state index contributed by atoms with van der Waals surface area (Å²) in [5.41, 5.74) is 1.61. The van der Waals surface area contributed by atoms with Gasteiger partial charge in [0.2, 0.25) is 0 Å². The fraction of sp³-hybridized carbons (Fsp3) is 0.190. The highest BCUT2D eigenvalue weighted by molar-refractivity contribution is 7.73. The Balaban J connectivity index is 2.13. The van der Waals surface area contributed by atoms with Gasteiger partial charge < -0.3 is 0 Å². The SMILES string of the molecule is CC(C)C(c1ccccn1)P(c1ccccc1)c1ccccc1. The van der Waals surface area contributed by atoms with Crippen LogP contribution in [0.2, 0.25) is 0 Å². The molecule has 3 rings (SSSR count). The highest BCUT2D eigenvalue weighted by Crippen LogP contribution is 2.52. The van der Waals surface area contributed by atoms with Crippen molar-refractivity contribution in [3.05, 3.63) is 90.8 Å². The Morgan fingerprint density at radius 2 is 1.22 bits per heavy atom. The van der Waals surface area contributed by atoms with E-state index in [1.54, 1.807) is 0 Å². The van der Waals surface area contributed by atoms with Crippen molar-refractivity contribution < 1.29 is 0 Å². The Labute approximate surface area is 140 Å². The van der Waals surface area contributed by atoms with Crippen molar-refractivity contribution in [3.63, 3.8) is 0 Å². The second-order valence-electron chi connectivity index (χ2n) is 5.98. The van der Waals surface area contributed by atoms with Crippen molar-refractivity contribution in [2.75, 3.05) is 0 Å². The largest absolute Gasteiger partial charge is 0.261 e. The molecule has 1 aromatic heterocycles. The maximum Gasteiger partial charge on any atom is 0.0486 e. The van der Waals surface area contributed by atoms with Crippen molar-refractivity contribution in [1.29, 1.82) is 0 Å². The zero-order chi connectivity index (χ0) is 16.1. The summed E-state index contributed by atoms with van der Waals surface area (Å²) < 4.78 is 0. The smallest absolute Gasteiger partial charge is 0.0486 e. The molecule has 0 saturated carbocycles. The number of nitrogens with zero attached hydrogens (tertiary/aromatic N) is 1. The van der Waals surface area contributed by atoms with Crippen molar-refractivity contribution >= 4 is 18.5 Å². The quantitative estimate of drug-likeness (QED) is 0.609. The van der Waals surface area contributed by atoms with Crippen LogP contribution in [0.15, 0.2) is 85.1 Å². The molecule has 0 amide bonds. The highest BCUT2D eigenvalue weighted by atomic mass is 31.1. The van der Waals surface area contributed by atoms with Crippen molar-refractivity contribution in [3.8, 4) is 0 Å². The second-order valence-corrected chi connectivity index (χ2v) is 8.31. The first kappa shape index (κ1) is 15.9. The van der Waals surface area contributed by atoms with Gasteiger partial charge in [-0.05, 0) is 36.6 Å². The van der Waals surface area contributed by atoms with Crippen molar-refractivity contribution in [2.24, 2.45) is 5.92 Å². The summed E-state index contributed by atoms with van der Waals surface area (Å²) in [4.78, 5) is 4.69. The van der Waals surface area contributed by atoms with Gasteiger partial charge in [0.15, 0.2) is 0 Å². The number of benzene rings is 2. The van der Waals surface area contributed by atoms with Crippen LogP contribution in [-0.2, 0) is 0 Å². The summed E-state index contributed by atoms with van der Waals surface area (Å²) in [7, 11) is -0.493. The van der Waals surface area contributed by atoms with Gasteiger partial charge in [0.25, 0.3) is 0 Å². The fourth-order valence-electron chi connectivity index (χ4n) is 2.97. The van der Waals surface area contributed by atoms with E-state index in [1.807, 2.05) is 12.3 Å². The summed E-state index contributed by atoms with van der Waals surface area (Å²) in [5, 5.41) is 2.83. The first-order valence-corrected chi connectivity index (χ1v) is 9.48. The van der Waals surface area contributed by atoms with Gasteiger partial charge in [-0.2, -0.15) is 0 Å². The van der Waals surface area contributed by atoms with Gasteiger partial charge >= 0.3 is 0 Å². The molecule has 0 spiro atoms. The predicted molar refractivity (Wildman–Crippen MR) is 101 cm³/mol. The lowest BCUT2D eigenvalue weighted by Gasteiger charge is -2.31. The third kappa shape index (κ3) is 3.68. The van der Waals surface area contributed by atoms with E-state index < -0.39 is 7.92 Å². The Kier molecular flexibility index (Phi) is 5.20. The molecule has 0 radical (unpaired) electrons. The maximum absolute atomic E-state index is 4.69. The molecule has 0 aliphatic carbocycles. The number of rotatable bonds is 5. The predicted octanol–water partition coefficient (Wildman–Crippen LogP) is 4.91. The number of hydrogen-bond acceptors (Lipinski definition) is 1. The lowest BCUT2D eigenvalue weighted by atomic mass is 10.1. The molecule has 23 heavy (non-hydrogen) atoms. The summed E-state index contributed by atoms with van der Waals surface area (Å²) in [6.45, 7) is 4.61. The van der Waals surface area contributed by atoms with Gasteiger partial charge in [0.1, 0.15) is 0 Å². The molecule has 1 atom stereocenters. The molecular weight excluding hydrogens is 297 g/mol. The molecule has 1 unspecified atom stereocenters. The summed E-state index contributed by atoms with van der Waals surface area (Å²) >= 11 is 0. The number of aromatic nitrogens is 1. The van der Waals surface area contributed by atoms with Gasteiger partial charge in [-0.15, -0.1) is 0 Å². The first-order chi connectivity index (χ1) is 11.3. The van der Waals surface area contributed by atoms with Crippen LogP contribution in [0, 0.1) is 5.92 Å². The van der Waals surface area contributed by atoms with E-state index in [0.717, 1.165) is 0 Å². The average molecular weight is 319 g/mol. The minimum absolute atomic E-state index is 0.413. The highest BCUT2D eigenvalue weighted by Gasteiger charge is 2.29. The molecule has 0 fully saturated rings. The van der Waals surface area contributed by atoms with Crippen LogP contribution in [-0.4, -0.2) is 4.98 Å². The molecule has 116 valence electrons. The van der Waals surface area contributed by atoms with Gasteiger partial charge in [-0.3, -0.25) is 4.98 Å². The van der Waals surface area contributed by atoms with E-state index in [9.17, 15) is 0 Å². The molecule has 0 saturated heterocycles. The standard InChI is InChI=1S/C21H22NP/c1-17(2)21(20-15-9-10-16-22-20)23(18-11-5-3-6-12-18)19-13-7-4-8-14-19/h3-17,21H,1-2H3. The minimum atomic E-state index is -0.493. The monoisotopic (exact) mass is 319 g/mol. The van der Waals surface area contributed by atoms with Crippen LogP contribution in [0.5, 0.6) is 0 Å². The molecule has 2 aromatic carbocycles. The van der Waals surface area contributed by atoms with Crippen molar-refractivity contribution in [1.82, 2.24) is 4.98 Å². The first-order valence-electron chi connectivity index (χ1n) is 8.07. The van der Waals surface area contributed by atoms with E-state index >= 15 is 0 Å². The van der Waals surface area contributed by atoms with E-state index in [1.165, 1.54) is 16.3 Å². The number of hydrogen-bond donors (Lipinski definition) is 0. The van der Waals surface area contributed by atoms with Gasteiger partial charge in [-0.25, -0.2) is 0 Å². The molecule has 0 bridgehead atoms. The average Bonchev–Trinajstić information content (AvgIpc) is 2.61. The fourth-order valence-corrected chi connectivity index (χ4v) is 5.91. The topological polar surface area (TPSA) is 12.9 Å². The summed E-state index contributed by atoms with van der Waals surface area (Å²) in [5.74, 6) is 0.524. The Morgan fingerprint density at radius 1 is 0.696 bits per heavy atom. The molecule has 0 N–H and O–H groups in total. The lowest BCUT2D eigenvalue weighted by molar-refractivity contribution is 0.615. The normalized spacial score (nSPS) is 12.5. The van der Waals surface area contributed by atoms with Crippen LogP contribution in [0.4, 0.5) is 0 Å². The third-order valence-corrected chi connectivity index (χ3v) is 7.10. The van der Waals surface area contributed by atoms with Crippen LogP contribution < -0.4 is 10.6 Å². The molecule has 2 heteroatoms. The van der Waals surface area contributed by atoms with E-state index in [0.29, 0.717) is 11.6 Å². The van der Waals surface area contributed by atoms with E-state index in [4.69, 9.17) is 0 Å². The lowest BCUT2D eigenvalue weighted by Crippen LogP contribution is -2.20. The Bertz CT molecular complexity index is 671. The van der Waals surface area contributed by atoms with Crippen molar-refractivity contribution in [2.45, 2.75) is 19.5 Å². The molecule has 0 aliphatic heterocycles. The molecular formula is C21H22NP. The van der Waals surface area contributed by atoms with Crippen LogP contribution in [0.3, 0.4) is 0 Å². The third-order valence-electron chi connectivity index (χ3n) is 3.97. The maximum atomic E-state index is 4.69. The number of pyridine rings is 1. The zero-order valence-corrected chi connectivity index (χ0v) is 14.5. The van der Waals surface area contributed by atoms with Gasteiger partial charge in [0.05, 0.1) is 0 Å². The minimum Gasteiger partial charge on any atom is -0.261 e. The van der Waals surface area contributed by atoms with E-state index in [2.05, 4.69) is 91.6 Å². The molecule has 1 nitrogen and oxygen atoms in total. The van der Waals surface area contributed by atoms with Gasteiger partial charge in [0, 0.05) is 17.5 Å².